The normalized spacial score (nSPS) is 11.0. The number of nitrogens with zero attached hydrogens (tertiary/aromatic N) is 1. The van der Waals surface area contributed by atoms with Crippen molar-refractivity contribution in [2.75, 3.05) is 7.11 Å². The maximum atomic E-state index is 10.5. The minimum absolute atomic E-state index is 0.265. The van der Waals surface area contributed by atoms with Crippen molar-refractivity contribution in [3.05, 3.63) is 64.1 Å². The van der Waals surface area contributed by atoms with Crippen LogP contribution in [0.5, 0.6) is 11.5 Å². The number of nitro groups is 1. The van der Waals surface area contributed by atoms with Gasteiger partial charge in [0.15, 0.2) is 11.5 Å². The van der Waals surface area contributed by atoms with Gasteiger partial charge >= 0.3 is 11.9 Å². The molecule has 0 unspecified atom stereocenters. The molecule has 24 heavy (non-hydrogen) atoms. The van der Waals surface area contributed by atoms with Crippen molar-refractivity contribution in [3.63, 3.8) is 0 Å². The molecule has 0 spiro atoms. The molecule has 0 radical (unpaired) electrons. The van der Waals surface area contributed by atoms with Gasteiger partial charge in [-0.15, -0.1) is 0 Å². The fourth-order valence-electron chi connectivity index (χ4n) is 1.76. The highest BCUT2D eigenvalue weighted by molar-refractivity contribution is 5.85. The molecule has 1 aromatic carbocycles. The van der Waals surface area contributed by atoms with E-state index < -0.39 is 10.9 Å². The molecule has 2 aromatic rings. The van der Waals surface area contributed by atoms with E-state index in [9.17, 15) is 14.9 Å². The Morgan fingerprint density at radius 2 is 2.04 bits per heavy atom. The summed E-state index contributed by atoms with van der Waals surface area (Å²) in [6.07, 6.45) is 5.16. The summed E-state index contributed by atoms with van der Waals surface area (Å²) in [7, 11) is 1.45. The summed E-state index contributed by atoms with van der Waals surface area (Å²) in [6.45, 7) is 0. The number of hydrogen-bond donors (Lipinski definition) is 1. The third-order valence-corrected chi connectivity index (χ3v) is 2.83. The number of carboxylic acid groups (broad SMARTS) is 1. The van der Waals surface area contributed by atoms with Gasteiger partial charge in [0.25, 0.3) is 0 Å². The van der Waals surface area contributed by atoms with Gasteiger partial charge in [0.2, 0.25) is 0 Å². The van der Waals surface area contributed by atoms with E-state index in [0.29, 0.717) is 17.1 Å². The minimum Gasteiger partial charge on any atom is -0.493 e. The van der Waals surface area contributed by atoms with Crippen LogP contribution < -0.4 is 9.47 Å². The zero-order valence-corrected chi connectivity index (χ0v) is 12.5. The highest BCUT2D eigenvalue weighted by atomic mass is 16.6. The first-order valence-electron chi connectivity index (χ1n) is 6.66. The number of furan rings is 1. The monoisotopic (exact) mass is 331 g/mol. The molecule has 124 valence electrons. The van der Waals surface area contributed by atoms with E-state index >= 15 is 0 Å². The van der Waals surface area contributed by atoms with E-state index in [-0.39, 0.29) is 11.6 Å². The molecule has 0 aliphatic rings. The van der Waals surface area contributed by atoms with E-state index in [1.54, 1.807) is 18.2 Å². The van der Waals surface area contributed by atoms with Gasteiger partial charge in [-0.3, -0.25) is 10.1 Å². The van der Waals surface area contributed by atoms with Gasteiger partial charge < -0.3 is 19.0 Å². The lowest BCUT2D eigenvalue weighted by Gasteiger charge is -2.08. The van der Waals surface area contributed by atoms with Crippen LogP contribution >= 0.6 is 0 Å². The Hall–Kier alpha value is -3.55. The van der Waals surface area contributed by atoms with Gasteiger partial charge in [0.1, 0.15) is 10.7 Å². The van der Waals surface area contributed by atoms with Crippen molar-refractivity contribution >= 4 is 24.0 Å². The topological polar surface area (TPSA) is 112 Å². The Labute approximate surface area is 136 Å². The molecule has 0 saturated heterocycles. The number of methoxy groups -OCH3 is 1. The molecule has 2 rings (SSSR count). The lowest BCUT2D eigenvalue weighted by Crippen LogP contribution is -1.91. The van der Waals surface area contributed by atoms with Crippen molar-refractivity contribution in [2.24, 2.45) is 0 Å². The number of hydrogen-bond acceptors (Lipinski definition) is 6. The Balaban J connectivity index is 2.09. The SMILES string of the molecule is COc1cc(/C=C/C(=O)O)ccc1O/C=C/c1ccc([N+](=O)[O-])o1. The average Bonchev–Trinajstić information content (AvgIpc) is 3.02. The fraction of sp³-hybridized carbons (Fsp3) is 0.0625. The van der Waals surface area contributed by atoms with Gasteiger partial charge in [-0.1, -0.05) is 6.07 Å². The zero-order valence-electron chi connectivity index (χ0n) is 12.5. The van der Waals surface area contributed by atoms with Crippen LogP contribution in [0.25, 0.3) is 12.2 Å². The lowest BCUT2D eigenvalue weighted by molar-refractivity contribution is -0.402. The Bertz CT molecular complexity index is 805. The molecule has 0 amide bonds. The third-order valence-electron chi connectivity index (χ3n) is 2.83. The van der Waals surface area contributed by atoms with Crippen LogP contribution in [0.15, 0.2) is 47.1 Å². The predicted molar refractivity (Wildman–Crippen MR) is 84.7 cm³/mol. The summed E-state index contributed by atoms with van der Waals surface area (Å²) in [4.78, 5) is 20.4. The van der Waals surface area contributed by atoms with Gasteiger partial charge in [0.05, 0.1) is 19.4 Å². The molecule has 1 aromatic heterocycles. The fourth-order valence-corrected chi connectivity index (χ4v) is 1.76. The number of benzene rings is 1. The minimum atomic E-state index is -1.05. The maximum absolute atomic E-state index is 10.5. The third kappa shape index (κ3) is 4.47. The summed E-state index contributed by atoms with van der Waals surface area (Å²) in [5, 5.41) is 19.1. The van der Waals surface area contributed by atoms with Crippen molar-refractivity contribution in [1.29, 1.82) is 0 Å². The smallest absolute Gasteiger partial charge is 0.433 e. The van der Waals surface area contributed by atoms with Crippen LogP contribution in [-0.4, -0.2) is 23.1 Å². The molecular weight excluding hydrogens is 318 g/mol. The first-order chi connectivity index (χ1) is 11.5. The standard InChI is InChI=1S/C16H13NO7/c1-22-14-10-11(3-7-16(18)19)2-5-13(14)23-9-8-12-4-6-15(24-12)17(20)21/h2-10H,1H3,(H,18,19)/b7-3+,9-8+. The summed E-state index contributed by atoms with van der Waals surface area (Å²) >= 11 is 0. The van der Waals surface area contributed by atoms with Crippen LogP contribution in [0.4, 0.5) is 5.88 Å². The van der Waals surface area contributed by atoms with Gasteiger partial charge in [-0.2, -0.15) is 0 Å². The van der Waals surface area contributed by atoms with Crippen molar-refractivity contribution in [2.45, 2.75) is 0 Å². The number of rotatable bonds is 7. The van der Waals surface area contributed by atoms with Gasteiger partial charge in [0, 0.05) is 12.2 Å². The van der Waals surface area contributed by atoms with Gasteiger partial charge in [-0.05, 0) is 29.8 Å². The Morgan fingerprint density at radius 3 is 2.67 bits per heavy atom. The second kappa shape index (κ2) is 7.63. The van der Waals surface area contributed by atoms with E-state index in [4.69, 9.17) is 19.0 Å². The van der Waals surface area contributed by atoms with E-state index in [1.165, 1.54) is 37.7 Å². The average molecular weight is 331 g/mol. The quantitative estimate of drug-likeness (QED) is 0.358. The molecular formula is C16H13NO7. The number of aliphatic carboxylic acids is 1. The second-order valence-corrected chi connectivity index (χ2v) is 4.44. The molecule has 1 heterocycles. The summed E-state index contributed by atoms with van der Waals surface area (Å²) in [5.41, 5.74) is 0.632. The number of carbonyl (C=O) groups is 1. The molecule has 0 bridgehead atoms. The van der Waals surface area contributed by atoms with Crippen molar-refractivity contribution < 1.29 is 28.7 Å². The van der Waals surface area contributed by atoms with Crippen LogP contribution in [0.1, 0.15) is 11.3 Å². The number of carboxylic acids is 1. The molecule has 0 atom stereocenters. The summed E-state index contributed by atoms with van der Waals surface area (Å²) < 4.78 is 15.5. The largest absolute Gasteiger partial charge is 0.493 e. The molecule has 1 N–H and O–H groups in total. The Kier molecular flexibility index (Phi) is 5.35. The predicted octanol–water partition coefficient (Wildman–Crippen LogP) is 3.34. The summed E-state index contributed by atoms with van der Waals surface area (Å²) in [6, 6.07) is 7.55. The van der Waals surface area contributed by atoms with Crippen molar-refractivity contribution in [3.8, 4) is 11.5 Å². The second-order valence-electron chi connectivity index (χ2n) is 4.44. The van der Waals surface area contributed by atoms with Crippen molar-refractivity contribution in [1.82, 2.24) is 0 Å². The van der Waals surface area contributed by atoms with E-state index in [1.807, 2.05) is 0 Å². The van der Waals surface area contributed by atoms with Crippen LogP contribution in [0, 0.1) is 10.1 Å². The van der Waals surface area contributed by atoms with E-state index in [0.717, 1.165) is 6.08 Å². The van der Waals surface area contributed by atoms with Crippen LogP contribution in [-0.2, 0) is 4.79 Å². The Morgan fingerprint density at radius 1 is 1.25 bits per heavy atom. The molecule has 8 heteroatoms. The molecule has 0 aliphatic carbocycles. The zero-order chi connectivity index (χ0) is 17.5. The van der Waals surface area contributed by atoms with E-state index in [2.05, 4.69) is 0 Å². The van der Waals surface area contributed by atoms with Gasteiger partial charge in [-0.25, -0.2) is 4.79 Å². The molecule has 0 fully saturated rings. The van der Waals surface area contributed by atoms with Crippen LogP contribution in [0.2, 0.25) is 0 Å². The van der Waals surface area contributed by atoms with Crippen LogP contribution in [0.3, 0.4) is 0 Å². The first kappa shape index (κ1) is 16.8. The lowest BCUT2D eigenvalue weighted by atomic mass is 10.2. The first-order valence-corrected chi connectivity index (χ1v) is 6.66. The highest BCUT2D eigenvalue weighted by Gasteiger charge is 2.10. The molecule has 0 saturated carbocycles. The molecule has 0 aliphatic heterocycles. The molecule has 8 nitrogen and oxygen atoms in total. The highest BCUT2D eigenvalue weighted by Crippen LogP contribution is 2.29. The maximum Gasteiger partial charge on any atom is 0.433 e. The number of ether oxygens (including phenoxy) is 2. The summed E-state index contributed by atoms with van der Waals surface area (Å²) in [5.74, 6) is -0.354.